The van der Waals surface area contributed by atoms with E-state index in [0.29, 0.717) is 23.2 Å². The van der Waals surface area contributed by atoms with Gasteiger partial charge in [-0.05, 0) is 48.7 Å². The molecule has 0 bridgehead atoms. The van der Waals surface area contributed by atoms with E-state index >= 15 is 0 Å². The van der Waals surface area contributed by atoms with Crippen molar-refractivity contribution in [2.75, 3.05) is 14.2 Å². The van der Waals surface area contributed by atoms with Gasteiger partial charge in [0.25, 0.3) is 0 Å². The molecule has 0 radical (unpaired) electrons. The van der Waals surface area contributed by atoms with Gasteiger partial charge >= 0.3 is 5.97 Å². The Morgan fingerprint density at radius 3 is 2.44 bits per heavy atom. The average molecular weight is 363 g/mol. The Kier molecular flexibility index (Phi) is 4.71. The molecule has 1 aliphatic carbocycles. The third-order valence-electron chi connectivity index (χ3n) is 4.52. The Bertz CT molecular complexity index is 869. The van der Waals surface area contributed by atoms with Crippen LogP contribution >= 0.6 is 0 Å². The van der Waals surface area contributed by atoms with Crippen LogP contribution in [-0.2, 0) is 21.3 Å². The molecule has 1 heterocycles. The number of rotatable bonds is 6. The molecule has 0 N–H and O–H groups in total. The second-order valence-corrected chi connectivity index (χ2v) is 8.45. The standard InChI is InChI=1S/C18H21NO5S/c1-12-10-16(12)17-9-6-14(24-17)11-19(2)25(21,22)15-7-4-13(5-8-15)18(20)23-3/h4-9,12,16H,10-11H2,1-3H3/t12-,16+/m1/s1. The number of methoxy groups -OCH3 is 1. The van der Waals surface area contributed by atoms with E-state index < -0.39 is 16.0 Å². The lowest BCUT2D eigenvalue weighted by Gasteiger charge is -2.16. The van der Waals surface area contributed by atoms with Crippen LogP contribution in [0.2, 0.25) is 0 Å². The van der Waals surface area contributed by atoms with Crippen LogP contribution in [0.3, 0.4) is 0 Å². The molecule has 0 saturated heterocycles. The molecule has 134 valence electrons. The molecule has 1 aliphatic rings. The fourth-order valence-corrected chi connectivity index (χ4v) is 3.90. The highest BCUT2D eigenvalue weighted by Gasteiger charge is 2.36. The van der Waals surface area contributed by atoms with E-state index in [4.69, 9.17) is 4.42 Å². The van der Waals surface area contributed by atoms with Crippen molar-refractivity contribution in [2.45, 2.75) is 30.7 Å². The Balaban J connectivity index is 1.72. The molecule has 2 atom stereocenters. The van der Waals surface area contributed by atoms with Gasteiger partial charge in [-0.2, -0.15) is 4.31 Å². The number of ether oxygens (including phenoxy) is 1. The van der Waals surface area contributed by atoms with Crippen LogP contribution in [-0.4, -0.2) is 32.8 Å². The van der Waals surface area contributed by atoms with Crippen molar-refractivity contribution < 1.29 is 22.4 Å². The van der Waals surface area contributed by atoms with Crippen molar-refractivity contribution >= 4 is 16.0 Å². The van der Waals surface area contributed by atoms with E-state index in [1.165, 1.54) is 42.7 Å². The topological polar surface area (TPSA) is 76.8 Å². The molecule has 1 fully saturated rings. The molecule has 1 aromatic carbocycles. The average Bonchev–Trinajstić information content (AvgIpc) is 3.15. The second-order valence-electron chi connectivity index (χ2n) is 6.40. The molecule has 1 aromatic heterocycles. The molecule has 2 aromatic rings. The molecule has 0 amide bonds. The SMILES string of the molecule is COC(=O)c1ccc(S(=O)(=O)N(C)Cc2ccc([C@H]3C[C@H]3C)o2)cc1. The lowest BCUT2D eigenvalue weighted by Crippen LogP contribution is -2.26. The van der Waals surface area contributed by atoms with E-state index in [1.807, 2.05) is 12.1 Å². The maximum absolute atomic E-state index is 12.7. The first kappa shape index (κ1) is 17.7. The number of hydrogen-bond donors (Lipinski definition) is 0. The Hall–Kier alpha value is -2.12. The first-order valence-corrected chi connectivity index (χ1v) is 9.50. The highest BCUT2D eigenvalue weighted by Crippen LogP contribution is 2.47. The Morgan fingerprint density at radius 1 is 1.24 bits per heavy atom. The van der Waals surface area contributed by atoms with Gasteiger partial charge in [0.05, 0.1) is 24.1 Å². The monoisotopic (exact) mass is 363 g/mol. The van der Waals surface area contributed by atoms with E-state index in [-0.39, 0.29) is 11.4 Å². The zero-order valence-electron chi connectivity index (χ0n) is 14.4. The van der Waals surface area contributed by atoms with E-state index in [2.05, 4.69) is 11.7 Å². The van der Waals surface area contributed by atoms with E-state index in [9.17, 15) is 13.2 Å². The van der Waals surface area contributed by atoms with E-state index in [0.717, 1.165) is 12.2 Å². The summed E-state index contributed by atoms with van der Waals surface area (Å²) in [6.07, 6.45) is 1.12. The smallest absolute Gasteiger partial charge is 0.337 e. The minimum atomic E-state index is -3.67. The number of sulfonamides is 1. The predicted molar refractivity (Wildman–Crippen MR) is 91.7 cm³/mol. The van der Waals surface area contributed by atoms with Crippen LogP contribution in [0.15, 0.2) is 45.7 Å². The molecular formula is C18H21NO5S. The molecule has 0 spiro atoms. The molecular weight excluding hydrogens is 342 g/mol. The summed E-state index contributed by atoms with van der Waals surface area (Å²) in [5.74, 6) is 2.13. The second kappa shape index (κ2) is 6.65. The highest BCUT2D eigenvalue weighted by molar-refractivity contribution is 7.89. The minimum absolute atomic E-state index is 0.116. The van der Waals surface area contributed by atoms with Crippen LogP contribution in [0.4, 0.5) is 0 Å². The maximum atomic E-state index is 12.7. The molecule has 1 saturated carbocycles. The van der Waals surface area contributed by atoms with Gasteiger partial charge in [-0.15, -0.1) is 0 Å². The molecule has 25 heavy (non-hydrogen) atoms. The highest BCUT2D eigenvalue weighted by atomic mass is 32.2. The maximum Gasteiger partial charge on any atom is 0.337 e. The van der Waals surface area contributed by atoms with Crippen LogP contribution in [0.1, 0.15) is 41.1 Å². The fourth-order valence-electron chi connectivity index (χ4n) is 2.76. The Morgan fingerprint density at radius 2 is 1.88 bits per heavy atom. The van der Waals surface area contributed by atoms with Gasteiger partial charge in [0.2, 0.25) is 10.0 Å². The van der Waals surface area contributed by atoms with Crippen LogP contribution < -0.4 is 0 Å². The van der Waals surface area contributed by atoms with Gasteiger partial charge in [-0.25, -0.2) is 13.2 Å². The number of hydrogen-bond acceptors (Lipinski definition) is 5. The summed E-state index contributed by atoms with van der Waals surface area (Å²) in [5, 5.41) is 0. The molecule has 0 aliphatic heterocycles. The minimum Gasteiger partial charge on any atom is -0.465 e. The summed E-state index contributed by atoms with van der Waals surface area (Å²) in [6, 6.07) is 9.43. The lowest BCUT2D eigenvalue weighted by molar-refractivity contribution is 0.0600. The summed E-state index contributed by atoms with van der Waals surface area (Å²) in [7, 11) is -0.887. The third-order valence-corrected chi connectivity index (χ3v) is 6.34. The fraction of sp³-hybridized carbons (Fsp3) is 0.389. The summed E-state index contributed by atoms with van der Waals surface area (Å²) < 4.78 is 36.9. The van der Waals surface area contributed by atoms with E-state index in [1.54, 1.807) is 0 Å². The number of esters is 1. The van der Waals surface area contributed by atoms with Gasteiger partial charge < -0.3 is 9.15 Å². The first-order valence-electron chi connectivity index (χ1n) is 8.06. The number of benzene rings is 1. The Labute approximate surface area is 147 Å². The molecule has 0 unspecified atom stereocenters. The first-order chi connectivity index (χ1) is 11.8. The van der Waals surface area contributed by atoms with Crippen LogP contribution in [0, 0.1) is 5.92 Å². The summed E-state index contributed by atoms with van der Waals surface area (Å²) in [4.78, 5) is 11.6. The summed E-state index contributed by atoms with van der Waals surface area (Å²) in [5.41, 5.74) is 0.304. The van der Waals surface area contributed by atoms with Crippen LogP contribution in [0.25, 0.3) is 0 Å². The van der Waals surface area contributed by atoms with Crippen molar-refractivity contribution in [1.29, 1.82) is 0 Å². The summed E-state index contributed by atoms with van der Waals surface area (Å²) >= 11 is 0. The van der Waals surface area contributed by atoms with Gasteiger partial charge in [0, 0.05) is 13.0 Å². The molecule has 7 heteroatoms. The van der Waals surface area contributed by atoms with Crippen molar-refractivity contribution in [3.63, 3.8) is 0 Å². The number of carbonyl (C=O) groups excluding carboxylic acids is 1. The number of furan rings is 1. The third kappa shape index (κ3) is 3.62. The largest absolute Gasteiger partial charge is 0.465 e. The van der Waals surface area contributed by atoms with Gasteiger partial charge in [0.1, 0.15) is 11.5 Å². The van der Waals surface area contributed by atoms with Crippen molar-refractivity contribution in [3.05, 3.63) is 53.5 Å². The van der Waals surface area contributed by atoms with Crippen molar-refractivity contribution in [3.8, 4) is 0 Å². The zero-order chi connectivity index (χ0) is 18.2. The predicted octanol–water partition coefficient (Wildman–Crippen LogP) is 3.01. The number of nitrogens with zero attached hydrogens (tertiary/aromatic N) is 1. The lowest BCUT2D eigenvalue weighted by atomic mass is 10.2. The number of carbonyl (C=O) groups is 1. The van der Waals surface area contributed by atoms with Crippen molar-refractivity contribution in [1.82, 2.24) is 4.31 Å². The summed E-state index contributed by atoms with van der Waals surface area (Å²) in [6.45, 7) is 2.32. The normalized spacial score (nSPS) is 19.8. The van der Waals surface area contributed by atoms with Crippen LogP contribution in [0.5, 0.6) is 0 Å². The zero-order valence-corrected chi connectivity index (χ0v) is 15.2. The quantitative estimate of drug-likeness (QED) is 0.738. The molecule has 3 rings (SSSR count). The van der Waals surface area contributed by atoms with Gasteiger partial charge in [-0.3, -0.25) is 0 Å². The van der Waals surface area contributed by atoms with Crippen molar-refractivity contribution in [2.24, 2.45) is 5.92 Å². The van der Waals surface area contributed by atoms with Gasteiger partial charge in [-0.1, -0.05) is 6.92 Å². The van der Waals surface area contributed by atoms with Gasteiger partial charge in [0.15, 0.2) is 0 Å². The molecule has 6 nitrogen and oxygen atoms in total.